The number of furan rings is 1. The second kappa shape index (κ2) is 5.61. The van der Waals surface area contributed by atoms with Crippen molar-refractivity contribution in [3.05, 3.63) is 53.0 Å². The number of anilines is 1. The number of amides is 1. The first-order valence-electron chi connectivity index (χ1n) is 6.25. The third-order valence-corrected chi connectivity index (χ3v) is 3.12. The molecule has 0 aliphatic rings. The highest BCUT2D eigenvalue weighted by molar-refractivity contribution is 6.06. The molecule has 1 amide bonds. The van der Waals surface area contributed by atoms with Crippen LogP contribution >= 0.6 is 0 Å². The summed E-state index contributed by atoms with van der Waals surface area (Å²) in [6.45, 7) is 3.56. The zero-order chi connectivity index (χ0) is 14.7. The minimum atomic E-state index is -1.02. The number of aromatic carboxylic acids is 1. The molecule has 20 heavy (non-hydrogen) atoms. The smallest absolute Gasteiger partial charge is 0.336 e. The fourth-order valence-electron chi connectivity index (χ4n) is 2.01. The summed E-state index contributed by atoms with van der Waals surface area (Å²) < 4.78 is 5.21. The Morgan fingerprint density at radius 3 is 2.65 bits per heavy atom. The van der Waals surface area contributed by atoms with Gasteiger partial charge in [-0.3, -0.25) is 4.79 Å². The largest absolute Gasteiger partial charge is 0.478 e. The SMILES string of the molecule is CCc1occc1C(=O)Nc1cccc(C(=O)O)c1C. The van der Waals surface area contributed by atoms with Gasteiger partial charge >= 0.3 is 5.97 Å². The van der Waals surface area contributed by atoms with Gasteiger partial charge in [-0.25, -0.2) is 4.79 Å². The van der Waals surface area contributed by atoms with Gasteiger partial charge in [-0.2, -0.15) is 0 Å². The van der Waals surface area contributed by atoms with Crippen LogP contribution in [0.25, 0.3) is 0 Å². The van der Waals surface area contributed by atoms with E-state index < -0.39 is 5.97 Å². The first kappa shape index (κ1) is 13.9. The van der Waals surface area contributed by atoms with Gasteiger partial charge in [0.05, 0.1) is 17.4 Å². The van der Waals surface area contributed by atoms with Crippen molar-refractivity contribution in [2.75, 3.05) is 5.32 Å². The zero-order valence-corrected chi connectivity index (χ0v) is 11.3. The standard InChI is InChI=1S/C15H15NO4/c1-3-13-11(7-8-20-13)14(17)16-12-6-4-5-10(9(12)2)15(18)19/h4-8H,3H2,1-2H3,(H,16,17)(H,18,19). The van der Waals surface area contributed by atoms with Gasteiger partial charge in [-0.1, -0.05) is 13.0 Å². The minimum Gasteiger partial charge on any atom is -0.478 e. The van der Waals surface area contributed by atoms with E-state index in [9.17, 15) is 9.59 Å². The minimum absolute atomic E-state index is 0.172. The summed E-state index contributed by atoms with van der Waals surface area (Å²) in [7, 11) is 0. The van der Waals surface area contributed by atoms with Gasteiger partial charge in [0.25, 0.3) is 5.91 Å². The lowest BCUT2D eigenvalue weighted by Crippen LogP contribution is -2.14. The van der Waals surface area contributed by atoms with Crippen LogP contribution in [0.4, 0.5) is 5.69 Å². The quantitative estimate of drug-likeness (QED) is 0.897. The Morgan fingerprint density at radius 1 is 1.25 bits per heavy atom. The molecule has 2 aromatic rings. The maximum atomic E-state index is 12.2. The predicted octanol–water partition coefficient (Wildman–Crippen LogP) is 3.10. The molecule has 0 saturated heterocycles. The third kappa shape index (κ3) is 2.56. The van der Waals surface area contributed by atoms with E-state index in [4.69, 9.17) is 9.52 Å². The Balaban J connectivity index is 2.29. The molecule has 1 aromatic carbocycles. The van der Waals surface area contributed by atoms with E-state index in [0.717, 1.165) is 0 Å². The van der Waals surface area contributed by atoms with Crippen LogP contribution in [-0.4, -0.2) is 17.0 Å². The van der Waals surface area contributed by atoms with Crippen LogP contribution in [0.1, 0.15) is 39.0 Å². The number of nitrogens with one attached hydrogen (secondary N) is 1. The van der Waals surface area contributed by atoms with Gasteiger partial charge in [-0.05, 0) is 30.7 Å². The molecular weight excluding hydrogens is 258 g/mol. The van der Waals surface area contributed by atoms with Crippen LogP contribution in [-0.2, 0) is 6.42 Å². The van der Waals surface area contributed by atoms with Gasteiger partial charge in [-0.15, -0.1) is 0 Å². The molecular formula is C15H15NO4. The maximum absolute atomic E-state index is 12.2. The highest BCUT2D eigenvalue weighted by Crippen LogP contribution is 2.21. The number of carboxylic acid groups (broad SMARTS) is 1. The van der Waals surface area contributed by atoms with Gasteiger partial charge in [0.1, 0.15) is 5.76 Å². The molecule has 0 fully saturated rings. The van der Waals surface area contributed by atoms with Crippen molar-refractivity contribution < 1.29 is 19.1 Å². The monoisotopic (exact) mass is 273 g/mol. The topological polar surface area (TPSA) is 79.5 Å². The van der Waals surface area contributed by atoms with E-state index in [2.05, 4.69) is 5.32 Å². The average Bonchev–Trinajstić information content (AvgIpc) is 2.89. The molecule has 2 N–H and O–H groups in total. The van der Waals surface area contributed by atoms with E-state index in [-0.39, 0.29) is 11.5 Å². The lowest BCUT2D eigenvalue weighted by atomic mass is 10.1. The number of rotatable bonds is 4. The van der Waals surface area contributed by atoms with E-state index in [1.165, 1.54) is 12.3 Å². The average molecular weight is 273 g/mol. The molecule has 0 saturated carbocycles. The zero-order valence-electron chi connectivity index (χ0n) is 11.3. The molecule has 0 atom stereocenters. The summed E-state index contributed by atoms with van der Waals surface area (Å²) in [6.07, 6.45) is 2.08. The summed E-state index contributed by atoms with van der Waals surface area (Å²) >= 11 is 0. The number of hydrogen-bond donors (Lipinski definition) is 2. The Bertz CT molecular complexity index is 658. The van der Waals surface area contributed by atoms with Gasteiger partial charge in [0.15, 0.2) is 0 Å². The van der Waals surface area contributed by atoms with Crippen molar-refractivity contribution in [1.82, 2.24) is 0 Å². The molecule has 2 rings (SSSR count). The number of carbonyl (C=O) groups is 2. The molecule has 104 valence electrons. The lowest BCUT2D eigenvalue weighted by molar-refractivity contribution is 0.0695. The molecule has 1 heterocycles. The summed E-state index contributed by atoms with van der Waals surface area (Å²) in [5, 5.41) is 11.8. The van der Waals surface area contributed by atoms with Crippen molar-refractivity contribution in [1.29, 1.82) is 0 Å². The molecule has 0 spiro atoms. The maximum Gasteiger partial charge on any atom is 0.336 e. The van der Waals surface area contributed by atoms with Crippen LogP contribution in [0.5, 0.6) is 0 Å². The Hall–Kier alpha value is -2.56. The van der Waals surface area contributed by atoms with Crippen LogP contribution in [0.3, 0.4) is 0 Å². The van der Waals surface area contributed by atoms with Crippen molar-refractivity contribution in [3.63, 3.8) is 0 Å². The normalized spacial score (nSPS) is 10.3. The summed E-state index contributed by atoms with van der Waals surface area (Å²) in [5.41, 5.74) is 1.64. The molecule has 0 radical (unpaired) electrons. The number of hydrogen-bond acceptors (Lipinski definition) is 3. The molecule has 5 nitrogen and oxygen atoms in total. The van der Waals surface area contributed by atoms with Crippen molar-refractivity contribution >= 4 is 17.6 Å². The number of carboxylic acids is 1. The predicted molar refractivity (Wildman–Crippen MR) is 74.2 cm³/mol. The van der Waals surface area contributed by atoms with Crippen LogP contribution < -0.4 is 5.32 Å². The number of carbonyl (C=O) groups excluding carboxylic acids is 1. The van der Waals surface area contributed by atoms with Gasteiger partial charge in [0, 0.05) is 12.1 Å². The second-order valence-electron chi connectivity index (χ2n) is 4.35. The summed E-state index contributed by atoms with van der Waals surface area (Å²) in [6, 6.07) is 6.38. The fraction of sp³-hybridized carbons (Fsp3) is 0.200. The second-order valence-corrected chi connectivity index (χ2v) is 4.35. The van der Waals surface area contributed by atoms with Gasteiger partial charge in [0.2, 0.25) is 0 Å². The van der Waals surface area contributed by atoms with E-state index in [1.807, 2.05) is 6.92 Å². The summed E-state index contributed by atoms with van der Waals surface area (Å²) in [5.74, 6) is -0.716. The van der Waals surface area contributed by atoms with Crippen molar-refractivity contribution in [3.8, 4) is 0 Å². The molecule has 5 heteroatoms. The lowest BCUT2D eigenvalue weighted by Gasteiger charge is -2.10. The molecule has 0 bridgehead atoms. The van der Waals surface area contributed by atoms with Crippen molar-refractivity contribution in [2.45, 2.75) is 20.3 Å². The van der Waals surface area contributed by atoms with Crippen molar-refractivity contribution in [2.24, 2.45) is 0 Å². The van der Waals surface area contributed by atoms with Crippen LogP contribution in [0.2, 0.25) is 0 Å². The number of benzene rings is 1. The Kier molecular flexibility index (Phi) is 3.89. The third-order valence-electron chi connectivity index (χ3n) is 3.12. The van der Waals surface area contributed by atoms with E-state index in [0.29, 0.717) is 29.0 Å². The molecule has 0 unspecified atom stereocenters. The highest BCUT2D eigenvalue weighted by atomic mass is 16.4. The fourth-order valence-corrected chi connectivity index (χ4v) is 2.01. The highest BCUT2D eigenvalue weighted by Gasteiger charge is 2.16. The Morgan fingerprint density at radius 2 is 2.00 bits per heavy atom. The van der Waals surface area contributed by atoms with Crippen LogP contribution in [0, 0.1) is 6.92 Å². The van der Waals surface area contributed by atoms with Gasteiger partial charge < -0.3 is 14.8 Å². The number of aryl methyl sites for hydroxylation is 1. The first-order valence-corrected chi connectivity index (χ1v) is 6.25. The van der Waals surface area contributed by atoms with E-state index >= 15 is 0 Å². The summed E-state index contributed by atoms with van der Waals surface area (Å²) in [4.78, 5) is 23.2. The Labute approximate surface area is 116 Å². The van der Waals surface area contributed by atoms with E-state index in [1.54, 1.807) is 25.1 Å². The molecule has 0 aliphatic heterocycles. The molecule has 0 aliphatic carbocycles. The molecule has 1 aromatic heterocycles. The first-order chi connectivity index (χ1) is 9.54. The van der Waals surface area contributed by atoms with Crippen LogP contribution in [0.15, 0.2) is 34.9 Å².